The highest BCUT2D eigenvalue weighted by Crippen LogP contribution is 2.20. The van der Waals surface area contributed by atoms with Gasteiger partial charge >= 0.3 is 6.18 Å². The highest BCUT2D eigenvalue weighted by Gasteiger charge is 2.39. The maximum absolute atomic E-state index is 12.2. The van der Waals surface area contributed by atoms with E-state index in [2.05, 4.69) is 0 Å². The topological polar surface area (TPSA) is 32.7 Å². The molecule has 0 amide bonds. The van der Waals surface area contributed by atoms with Crippen LogP contribution in [0.2, 0.25) is 0 Å². The number of hydrogen-bond donors (Lipinski definition) is 1. The van der Waals surface area contributed by atoms with Crippen LogP contribution in [0.1, 0.15) is 13.8 Å². The van der Waals surface area contributed by atoms with Gasteiger partial charge in [-0.05, 0) is 5.92 Å². The summed E-state index contributed by atoms with van der Waals surface area (Å²) in [6, 6.07) is 0. The normalized spacial score (nSPS) is 14.8. The Bertz CT molecular complexity index is 185. The average molecular weight is 243 g/mol. The molecule has 98 valence electrons. The van der Waals surface area contributed by atoms with E-state index in [4.69, 9.17) is 9.84 Å². The monoisotopic (exact) mass is 243 g/mol. The molecule has 0 aromatic carbocycles. The highest BCUT2D eigenvalue weighted by atomic mass is 19.4. The van der Waals surface area contributed by atoms with Gasteiger partial charge in [0.15, 0.2) is 6.10 Å². The zero-order valence-corrected chi connectivity index (χ0v) is 9.92. The Kier molecular flexibility index (Phi) is 6.94. The van der Waals surface area contributed by atoms with Gasteiger partial charge in [-0.25, -0.2) is 0 Å². The third-order valence-corrected chi connectivity index (χ3v) is 2.04. The first-order valence-electron chi connectivity index (χ1n) is 5.23. The summed E-state index contributed by atoms with van der Waals surface area (Å²) in [5.74, 6) is 0.247. The van der Waals surface area contributed by atoms with E-state index < -0.39 is 18.8 Å². The van der Waals surface area contributed by atoms with Gasteiger partial charge in [0.1, 0.15) is 0 Å². The Labute approximate surface area is 94.2 Å². The van der Waals surface area contributed by atoms with Gasteiger partial charge in [-0.1, -0.05) is 13.8 Å². The quantitative estimate of drug-likeness (QED) is 0.735. The van der Waals surface area contributed by atoms with Crippen LogP contribution in [0.15, 0.2) is 0 Å². The summed E-state index contributed by atoms with van der Waals surface area (Å²) in [6.45, 7) is 4.69. The van der Waals surface area contributed by atoms with Crippen LogP contribution in [0, 0.1) is 5.92 Å². The molecule has 6 heteroatoms. The molecule has 0 aliphatic carbocycles. The molecule has 0 spiro atoms. The van der Waals surface area contributed by atoms with Gasteiger partial charge in [-0.3, -0.25) is 4.90 Å². The molecule has 0 aliphatic heterocycles. The van der Waals surface area contributed by atoms with Crippen LogP contribution in [-0.2, 0) is 4.74 Å². The largest absolute Gasteiger partial charge is 0.415 e. The molecular weight excluding hydrogens is 223 g/mol. The predicted molar refractivity (Wildman–Crippen MR) is 55.2 cm³/mol. The molecule has 1 unspecified atom stereocenters. The minimum atomic E-state index is -4.55. The van der Waals surface area contributed by atoms with Gasteiger partial charge in [-0.2, -0.15) is 13.2 Å². The molecule has 0 saturated heterocycles. The summed E-state index contributed by atoms with van der Waals surface area (Å²) >= 11 is 0. The standard InChI is InChI=1S/C10H20F3NO2/c1-8(2)6-14(4-5-16-3)7-9(15)10(11,12)13/h8-9,15H,4-7H2,1-3H3. The van der Waals surface area contributed by atoms with Gasteiger partial charge in [0.25, 0.3) is 0 Å². The Morgan fingerprint density at radius 1 is 1.25 bits per heavy atom. The summed E-state index contributed by atoms with van der Waals surface area (Å²) in [4.78, 5) is 1.56. The lowest BCUT2D eigenvalue weighted by Crippen LogP contribution is -2.43. The molecule has 1 atom stereocenters. The minimum Gasteiger partial charge on any atom is -0.383 e. The molecule has 16 heavy (non-hydrogen) atoms. The predicted octanol–water partition coefficient (Wildman–Crippen LogP) is 1.51. The van der Waals surface area contributed by atoms with Gasteiger partial charge in [0.05, 0.1) is 6.61 Å². The highest BCUT2D eigenvalue weighted by molar-refractivity contribution is 4.71. The van der Waals surface area contributed by atoms with Crippen molar-refractivity contribution in [3.05, 3.63) is 0 Å². The molecule has 0 aromatic heterocycles. The van der Waals surface area contributed by atoms with Crippen molar-refractivity contribution in [2.24, 2.45) is 5.92 Å². The van der Waals surface area contributed by atoms with Crippen molar-refractivity contribution in [2.75, 3.05) is 33.4 Å². The van der Waals surface area contributed by atoms with Crippen molar-refractivity contribution in [3.63, 3.8) is 0 Å². The molecular formula is C10H20F3NO2. The summed E-state index contributed by atoms with van der Waals surface area (Å²) < 4.78 is 41.3. The molecule has 0 fully saturated rings. The van der Waals surface area contributed by atoms with E-state index in [1.807, 2.05) is 13.8 Å². The smallest absolute Gasteiger partial charge is 0.383 e. The first-order chi connectivity index (χ1) is 7.27. The number of rotatable bonds is 7. The lowest BCUT2D eigenvalue weighted by Gasteiger charge is -2.27. The molecule has 3 nitrogen and oxygen atoms in total. The van der Waals surface area contributed by atoms with Crippen LogP contribution in [0.3, 0.4) is 0 Å². The van der Waals surface area contributed by atoms with Crippen LogP contribution in [0.25, 0.3) is 0 Å². The number of methoxy groups -OCH3 is 1. The first kappa shape index (κ1) is 15.7. The fourth-order valence-electron chi connectivity index (χ4n) is 1.34. The lowest BCUT2D eigenvalue weighted by molar-refractivity contribution is -0.208. The average Bonchev–Trinajstić information content (AvgIpc) is 2.11. The summed E-state index contributed by atoms with van der Waals surface area (Å²) in [6.07, 6.45) is -6.84. The fraction of sp³-hybridized carbons (Fsp3) is 1.00. The zero-order valence-electron chi connectivity index (χ0n) is 9.92. The third-order valence-electron chi connectivity index (χ3n) is 2.04. The van der Waals surface area contributed by atoms with E-state index in [0.717, 1.165) is 0 Å². The van der Waals surface area contributed by atoms with E-state index in [-0.39, 0.29) is 5.92 Å². The van der Waals surface area contributed by atoms with E-state index in [0.29, 0.717) is 19.7 Å². The van der Waals surface area contributed by atoms with Gasteiger partial charge < -0.3 is 9.84 Å². The Hall–Kier alpha value is -0.330. The number of halogens is 3. The van der Waals surface area contributed by atoms with Crippen LogP contribution >= 0.6 is 0 Å². The van der Waals surface area contributed by atoms with E-state index >= 15 is 0 Å². The van der Waals surface area contributed by atoms with Crippen molar-refractivity contribution < 1.29 is 23.0 Å². The number of aliphatic hydroxyl groups excluding tert-OH is 1. The number of hydrogen-bond acceptors (Lipinski definition) is 3. The fourth-order valence-corrected chi connectivity index (χ4v) is 1.34. The van der Waals surface area contributed by atoms with Crippen molar-refractivity contribution in [3.8, 4) is 0 Å². The second kappa shape index (κ2) is 7.09. The van der Waals surface area contributed by atoms with E-state index in [9.17, 15) is 13.2 Å². The van der Waals surface area contributed by atoms with Crippen molar-refractivity contribution in [1.82, 2.24) is 4.90 Å². The SMILES string of the molecule is COCCN(CC(C)C)CC(O)C(F)(F)F. The van der Waals surface area contributed by atoms with Crippen LogP contribution in [0.5, 0.6) is 0 Å². The molecule has 0 radical (unpaired) electrons. The Balaban J connectivity index is 4.18. The van der Waals surface area contributed by atoms with Crippen LogP contribution < -0.4 is 0 Å². The molecule has 0 saturated carbocycles. The third kappa shape index (κ3) is 7.03. The van der Waals surface area contributed by atoms with Crippen LogP contribution in [0.4, 0.5) is 13.2 Å². The molecule has 0 rings (SSSR count). The summed E-state index contributed by atoms with van der Waals surface area (Å²) in [7, 11) is 1.49. The molecule has 1 N–H and O–H groups in total. The Morgan fingerprint density at radius 3 is 2.19 bits per heavy atom. The number of aliphatic hydroxyl groups is 1. The van der Waals surface area contributed by atoms with Gasteiger partial charge in [0, 0.05) is 26.7 Å². The Morgan fingerprint density at radius 2 is 1.81 bits per heavy atom. The minimum absolute atomic E-state index is 0.247. The summed E-state index contributed by atoms with van der Waals surface area (Å²) in [5.41, 5.74) is 0. The van der Waals surface area contributed by atoms with Gasteiger partial charge in [0.2, 0.25) is 0 Å². The van der Waals surface area contributed by atoms with E-state index in [1.54, 1.807) is 4.90 Å². The van der Waals surface area contributed by atoms with Crippen molar-refractivity contribution in [1.29, 1.82) is 0 Å². The molecule has 0 bridgehead atoms. The van der Waals surface area contributed by atoms with Crippen molar-refractivity contribution in [2.45, 2.75) is 26.1 Å². The number of alkyl halides is 3. The molecule has 0 aromatic rings. The maximum Gasteiger partial charge on any atom is 0.415 e. The number of nitrogens with zero attached hydrogens (tertiary/aromatic N) is 1. The van der Waals surface area contributed by atoms with Crippen molar-refractivity contribution >= 4 is 0 Å². The first-order valence-corrected chi connectivity index (χ1v) is 5.23. The second-order valence-electron chi connectivity index (χ2n) is 4.20. The second-order valence-corrected chi connectivity index (χ2v) is 4.20. The lowest BCUT2D eigenvalue weighted by atomic mass is 10.2. The zero-order chi connectivity index (χ0) is 12.8. The number of ether oxygens (including phenoxy) is 1. The molecule has 0 aliphatic rings. The molecule has 0 heterocycles. The van der Waals surface area contributed by atoms with Crippen LogP contribution in [-0.4, -0.2) is 55.6 Å². The summed E-state index contributed by atoms with van der Waals surface area (Å²) in [5, 5.41) is 8.96. The maximum atomic E-state index is 12.2. The van der Waals surface area contributed by atoms with E-state index in [1.165, 1.54) is 7.11 Å². The van der Waals surface area contributed by atoms with Gasteiger partial charge in [-0.15, -0.1) is 0 Å².